The molecule has 1 saturated carbocycles. The Morgan fingerprint density at radius 2 is 2.11 bits per heavy atom. The maximum Gasteiger partial charge on any atom is 0.144 e. The minimum absolute atomic E-state index is 0.189. The molecule has 0 unspecified atom stereocenters. The summed E-state index contributed by atoms with van der Waals surface area (Å²) in [5.74, 6) is 0.704. The highest BCUT2D eigenvalue weighted by atomic mass is 16.3. The smallest absolute Gasteiger partial charge is 0.144 e. The average molecular weight is 243 g/mol. The van der Waals surface area contributed by atoms with Crippen LogP contribution < -0.4 is 5.32 Å². The Morgan fingerprint density at radius 1 is 1.33 bits per heavy atom. The molecule has 0 saturated heterocycles. The summed E-state index contributed by atoms with van der Waals surface area (Å²) < 4.78 is 0. The molecule has 2 aliphatic carbocycles. The van der Waals surface area contributed by atoms with Gasteiger partial charge in [-0.15, -0.1) is 0 Å². The minimum atomic E-state index is -0.189. The van der Waals surface area contributed by atoms with Gasteiger partial charge < -0.3 is 10.4 Å². The van der Waals surface area contributed by atoms with Crippen molar-refractivity contribution in [3.8, 4) is 6.07 Å². The lowest BCUT2D eigenvalue weighted by atomic mass is 9.89. The molecule has 0 radical (unpaired) electrons. The molecule has 1 fully saturated rings. The molecule has 2 N–H and O–H groups in total. The number of aryl methyl sites for hydroxylation is 2. The summed E-state index contributed by atoms with van der Waals surface area (Å²) in [6.45, 7) is 0. The summed E-state index contributed by atoms with van der Waals surface area (Å²) in [6.07, 6.45) is 5.76. The van der Waals surface area contributed by atoms with Crippen LogP contribution in [0.5, 0.6) is 0 Å². The fourth-order valence-electron chi connectivity index (χ4n) is 2.73. The van der Waals surface area contributed by atoms with E-state index in [0.29, 0.717) is 11.4 Å². The van der Waals surface area contributed by atoms with E-state index in [1.807, 2.05) is 6.07 Å². The van der Waals surface area contributed by atoms with Crippen molar-refractivity contribution in [1.82, 2.24) is 4.98 Å². The van der Waals surface area contributed by atoms with Gasteiger partial charge in [0.1, 0.15) is 11.9 Å². The lowest BCUT2D eigenvalue weighted by Crippen LogP contribution is -2.39. The van der Waals surface area contributed by atoms with E-state index in [-0.39, 0.29) is 12.1 Å². The molecule has 0 spiro atoms. The normalized spacial score (nSPS) is 25.8. The molecule has 0 amide bonds. The van der Waals surface area contributed by atoms with Gasteiger partial charge >= 0.3 is 0 Å². The lowest BCUT2D eigenvalue weighted by Gasteiger charge is -2.33. The van der Waals surface area contributed by atoms with Crippen LogP contribution in [0.2, 0.25) is 0 Å². The predicted molar refractivity (Wildman–Crippen MR) is 68.2 cm³/mol. The fourth-order valence-corrected chi connectivity index (χ4v) is 2.73. The van der Waals surface area contributed by atoms with Gasteiger partial charge in [0, 0.05) is 11.7 Å². The number of nitrogens with one attached hydrogen (secondary N) is 1. The van der Waals surface area contributed by atoms with E-state index in [4.69, 9.17) is 0 Å². The molecular formula is C14H17N3O. The summed E-state index contributed by atoms with van der Waals surface area (Å²) in [5.41, 5.74) is 3.01. The van der Waals surface area contributed by atoms with Crippen molar-refractivity contribution >= 4 is 5.82 Å². The van der Waals surface area contributed by atoms with Crippen molar-refractivity contribution in [2.24, 2.45) is 0 Å². The monoisotopic (exact) mass is 243 g/mol. The molecule has 4 nitrogen and oxygen atoms in total. The summed E-state index contributed by atoms with van der Waals surface area (Å²) in [4.78, 5) is 4.62. The second kappa shape index (κ2) is 4.58. The van der Waals surface area contributed by atoms with Crippen LogP contribution in [0, 0.1) is 11.3 Å². The lowest BCUT2D eigenvalue weighted by molar-refractivity contribution is 0.0835. The SMILES string of the molecule is N#Cc1cc2c(nc1NC1CC(O)C1)CCCC2. The van der Waals surface area contributed by atoms with Gasteiger partial charge in [-0.25, -0.2) is 4.98 Å². The van der Waals surface area contributed by atoms with Gasteiger partial charge in [0.25, 0.3) is 0 Å². The maximum absolute atomic E-state index is 9.29. The Balaban J connectivity index is 1.85. The first-order chi connectivity index (χ1) is 8.76. The summed E-state index contributed by atoms with van der Waals surface area (Å²) in [5, 5.41) is 21.8. The van der Waals surface area contributed by atoms with Gasteiger partial charge in [-0.2, -0.15) is 5.26 Å². The van der Waals surface area contributed by atoms with E-state index in [2.05, 4.69) is 16.4 Å². The molecule has 0 aromatic carbocycles. The molecule has 2 aliphatic rings. The molecule has 0 bridgehead atoms. The van der Waals surface area contributed by atoms with E-state index < -0.39 is 0 Å². The molecule has 3 rings (SSSR count). The first-order valence-electron chi connectivity index (χ1n) is 6.64. The van der Waals surface area contributed by atoms with Crippen molar-refractivity contribution < 1.29 is 5.11 Å². The van der Waals surface area contributed by atoms with Crippen LogP contribution in [0.15, 0.2) is 6.07 Å². The number of anilines is 1. The Hall–Kier alpha value is -1.60. The largest absolute Gasteiger partial charge is 0.393 e. The quantitative estimate of drug-likeness (QED) is 0.830. The molecule has 0 aliphatic heterocycles. The van der Waals surface area contributed by atoms with Crippen LogP contribution in [0.1, 0.15) is 42.5 Å². The van der Waals surface area contributed by atoms with Crippen LogP contribution in [0.4, 0.5) is 5.82 Å². The highest BCUT2D eigenvalue weighted by Gasteiger charge is 2.28. The molecular weight excluding hydrogens is 226 g/mol. The number of aliphatic hydroxyl groups excluding tert-OH is 1. The van der Waals surface area contributed by atoms with E-state index >= 15 is 0 Å². The summed E-state index contributed by atoms with van der Waals surface area (Å²) in [6, 6.07) is 4.47. The number of rotatable bonds is 2. The van der Waals surface area contributed by atoms with Gasteiger partial charge in [0.05, 0.1) is 11.7 Å². The second-order valence-corrected chi connectivity index (χ2v) is 5.28. The number of nitrogens with zero attached hydrogens (tertiary/aromatic N) is 2. The Bertz CT molecular complexity index is 500. The summed E-state index contributed by atoms with van der Waals surface area (Å²) >= 11 is 0. The van der Waals surface area contributed by atoms with E-state index in [9.17, 15) is 10.4 Å². The molecule has 0 atom stereocenters. The Labute approximate surface area is 107 Å². The zero-order valence-electron chi connectivity index (χ0n) is 10.3. The van der Waals surface area contributed by atoms with Crippen molar-refractivity contribution in [3.63, 3.8) is 0 Å². The topological polar surface area (TPSA) is 68.9 Å². The van der Waals surface area contributed by atoms with Crippen LogP contribution in [0.25, 0.3) is 0 Å². The molecule has 1 aromatic rings. The molecule has 18 heavy (non-hydrogen) atoms. The third kappa shape index (κ3) is 2.06. The van der Waals surface area contributed by atoms with E-state index in [0.717, 1.165) is 31.4 Å². The third-order valence-corrected chi connectivity index (χ3v) is 3.88. The standard InChI is InChI=1S/C14H17N3O/c15-8-10-5-9-3-1-2-4-13(9)17-14(10)16-11-6-12(18)7-11/h5,11-12,18H,1-4,6-7H2,(H,16,17). The molecule has 1 aromatic heterocycles. The number of fused-ring (bicyclic) bond motifs is 1. The van der Waals surface area contributed by atoms with Crippen molar-refractivity contribution in [2.75, 3.05) is 5.32 Å². The van der Waals surface area contributed by atoms with Crippen LogP contribution in [-0.2, 0) is 12.8 Å². The number of hydrogen-bond acceptors (Lipinski definition) is 4. The zero-order chi connectivity index (χ0) is 12.5. The zero-order valence-corrected chi connectivity index (χ0v) is 10.3. The van der Waals surface area contributed by atoms with Gasteiger partial charge in [0.15, 0.2) is 0 Å². The second-order valence-electron chi connectivity index (χ2n) is 5.28. The third-order valence-electron chi connectivity index (χ3n) is 3.88. The number of hydrogen-bond donors (Lipinski definition) is 2. The van der Waals surface area contributed by atoms with Crippen LogP contribution >= 0.6 is 0 Å². The maximum atomic E-state index is 9.29. The molecule has 4 heteroatoms. The van der Waals surface area contributed by atoms with Crippen molar-refractivity contribution in [3.05, 3.63) is 22.9 Å². The predicted octanol–water partition coefficient (Wildman–Crippen LogP) is 1.77. The summed E-state index contributed by atoms with van der Waals surface area (Å²) in [7, 11) is 0. The minimum Gasteiger partial charge on any atom is -0.393 e. The number of pyridine rings is 1. The molecule has 1 heterocycles. The molecule has 94 valence electrons. The Kier molecular flexibility index (Phi) is 2.92. The number of aromatic nitrogens is 1. The van der Waals surface area contributed by atoms with Gasteiger partial charge in [0.2, 0.25) is 0 Å². The van der Waals surface area contributed by atoms with Crippen LogP contribution in [-0.4, -0.2) is 22.2 Å². The number of aliphatic hydroxyl groups is 1. The first kappa shape index (κ1) is 11.5. The van der Waals surface area contributed by atoms with Gasteiger partial charge in [-0.1, -0.05) is 0 Å². The van der Waals surface area contributed by atoms with Crippen LogP contribution in [0.3, 0.4) is 0 Å². The van der Waals surface area contributed by atoms with E-state index in [1.54, 1.807) is 0 Å². The van der Waals surface area contributed by atoms with Gasteiger partial charge in [-0.05, 0) is 50.2 Å². The Morgan fingerprint density at radius 3 is 2.83 bits per heavy atom. The first-order valence-corrected chi connectivity index (χ1v) is 6.64. The average Bonchev–Trinajstić information content (AvgIpc) is 2.36. The van der Waals surface area contributed by atoms with Gasteiger partial charge in [-0.3, -0.25) is 0 Å². The number of nitriles is 1. The highest BCUT2D eigenvalue weighted by molar-refractivity contribution is 5.55. The fraction of sp³-hybridized carbons (Fsp3) is 0.571. The van der Waals surface area contributed by atoms with E-state index in [1.165, 1.54) is 18.4 Å². The highest BCUT2D eigenvalue weighted by Crippen LogP contribution is 2.28. The van der Waals surface area contributed by atoms with Crippen molar-refractivity contribution in [1.29, 1.82) is 5.26 Å². The van der Waals surface area contributed by atoms with Crippen molar-refractivity contribution in [2.45, 2.75) is 50.7 Å².